The van der Waals surface area contributed by atoms with Crippen LogP contribution >= 0.6 is 0 Å². The Bertz CT molecular complexity index is 511. The van der Waals surface area contributed by atoms with Crippen molar-refractivity contribution < 1.29 is 23.1 Å². The van der Waals surface area contributed by atoms with Crippen molar-refractivity contribution in [2.45, 2.75) is 56.7 Å². The van der Waals surface area contributed by atoms with Gasteiger partial charge in [0.05, 0.1) is 0 Å². The van der Waals surface area contributed by atoms with Gasteiger partial charge in [0.15, 0.2) is 9.84 Å². The molecule has 1 aliphatic heterocycles. The number of carboxylic acids is 1. The highest BCUT2D eigenvalue weighted by atomic mass is 32.2. The van der Waals surface area contributed by atoms with Crippen LogP contribution in [-0.4, -0.2) is 53.4 Å². The fourth-order valence-corrected chi connectivity index (χ4v) is 3.09. The summed E-state index contributed by atoms with van der Waals surface area (Å²) in [6.45, 7) is 4.82. The van der Waals surface area contributed by atoms with E-state index in [0.29, 0.717) is 32.2 Å². The molecule has 0 bridgehead atoms. The predicted octanol–water partition coefficient (Wildman–Crippen LogP) is 1.06. The first-order valence-corrected chi connectivity index (χ1v) is 8.65. The highest BCUT2D eigenvalue weighted by Crippen LogP contribution is 2.36. The third kappa shape index (κ3) is 2.55. The van der Waals surface area contributed by atoms with Crippen LogP contribution in [0.15, 0.2) is 0 Å². The van der Waals surface area contributed by atoms with E-state index >= 15 is 0 Å². The summed E-state index contributed by atoms with van der Waals surface area (Å²) in [7, 11) is -3.61. The van der Waals surface area contributed by atoms with Crippen molar-refractivity contribution >= 4 is 21.7 Å². The normalized spacial score (nSPS) is 23.9. The Kier molecular flexibility index (Phi) is 4.53. The molecule has 0 aromatic carbocycles. The summed E-state index contributed by atoms with van der Waals surface area (Å²) >= 11 is 0. The Hall–Kier alpha value is -1.11. The van der Waals surface area contributed by atoms with E-state index in [-0.39, 0.29) is 0 Å². The van der Waals surface area contributed by atoms with Crippen LogP contribution in [0.5, 0.6) is 0 Å². The average molecular weight is 305 g/mol. The van der Waals surface area contributed by atoms with Crippen molar-refractivity contribution in [3.63, 3.8) is 0 Å². The van der Waals surface area contributed by atoms with Crippen LogP contribution in [-0.2, 0) is 19.4 Å². The lowest BCUT2D eigenvalue weighted by atomic mass is 9.90. The molecule has 1 amide bonds. The lowest BCUT2D eigenvalue weighted by Gasteiger charge is -2.38. The number of carbonyl (C=O) groups is 2. The van der Waals surface area contributed by atoms with Gasteiger partial charge in [0, 0.05) is 12.8 Å². The van der Waals surface area contributed by atoms with Gasteiger partial charge in [0.25, 0.3) is 0 Å². The second-order valence-corrected chi connectivity index (χ2v) is 8.49. The average Bonchev–Trinajstić information content (AvgIpc) is 2.72. The van der Waals surface area contributed by atoms with Gasteiger partial charge in [-0.15, -0.1) is 0 Å². The molecule has 20 heavy (non-hydrogen) atoms. The Morgan fingerprint density at radius 1 is 1.35 bits per heavy atom. The third-order valence-corrected chi connectivity index (χ3v) is 6.27. The molecule has 0 aliphatic carbocycles. The number of hydrogen-bond donors (Lipinski definition) is 1. The van der Waals surface area contributed by atoms with E-state index in [1.54, 1.807) is 0 Å². The van der Waals surface area contributed by atoms with Crippen LogP contribution in [0.25, 0.3) is 0 Å². The minimum atomic E-state index is -3.61. The number of carboxylic acid groups (broad SMARTS) is 1. The second kappa shape index (κ2) is 5.35. The molecule has 1 heterocycles. The van der Waals surface area contributed by atoms with Crippen LogP contribution in [0, 0.1) is 0 Å². The molecule has 0 spiro atoms. The van der Waals surface area contributed by atoms with Gasteiger partial charge in [-0.25, -0.2) is 13.2 Å². The smallest absolute Gasteiger partial charge is 0.329 e. The molecule has 1 unspecified atom stereocenters. The Labute approximate surface area is 120 Å². The van der Waals surface area contributed by atoms with Crippen molar-refractivity contribution in [2.24, 2.45) is 0 Å². The minimum Gasteiger partial charge on any atom is -0.479 e. The molecular weight excluding hydrogens is 282 g/mol. The van der Waals surface area contributed by atoms with Crippen molar-refractivity contribution in [3.05, 3.63) is 0 Å². The topological polar surface area (TPSA) is 91.8 Å². The van der Waals surface area contributed by atoms with E-state index in [1.165, 1.54) is 18.7 Å². The van der Waals surface area contributed by atoms with E-state index in [4.69, 9.17) is 0 Å². The van der Waals surface area contributed by atoms with E-state index < -0.39 is 32.0 Å². The molecule has 1 fully saturated rings. The predicted molar refractivity (Wildman–Crippen MR) is 75.1 cm³/mol. The summed E-state index contributed by atoms with van der Waals surface area (Å²) in [5.74, 6) is -1.66. The summed E-state index contributed by atoms with van der Waals surface area (Å²) in [5.41, 5.74) is -1.26. The molecule has 0 radical (unpaired) electrons. The summed E-state index contributed by atoms with van der Waals surface area (Å²) in [6.07, 6.45) is 2.92. The van der Waals surface area contributed by atoms with Gasteiger partial charge in [-0.2, -0.15) is 0 Å². The van der Waals surface area contributed by atoms with Gasteiger partial charge in [0.1, 0.15) is 10.3 Å². The zero-order valence-corrected chi connectivity index (χ0v) is 13.3. The van der Waals surface area contributed by atoms with Crippen molar-refractivity contribution in [1.82, 2.24) is 4.90 Å². The van der Waals surface area contributed by atoms with E-state index in [1.807, 2.05) is 6.92 Å². The lowest BCUT2D eigenvalue weighted by Crippen LogP contribution is -2.59. The molecule has 6 nitrogen and oxygen atoms in total. The SMILES string of the molecule is CCCC1(C(=O)O)CCCN1C(=O)C(C)(C)S(C)(=O)=O. The molecular formula is C13H23NO5S. The fourth-order valence-electron chi connectivity index (χ4n) is 2.66. The molecule has 7 heteroatoms. The van der Waals surface area contributed by atoms with Crippen molar-refractivity contribution in [1.29, 1.82) is 0 Å². The summed E-state index contributed by atoms with van der Waals surface area (Å²) < 4.78 is 22.0. The Morgan fingerprint density at radius 3 is 2.30 bits per heavy atom. The van der Waals surface area contributed by atoms with Crippen molar-refractivity contribution in [2.75, 3.05) is 12.8 Å². The number of likely N-dealkylation sites (tertiary alicyclic amines) is 1. The van der Waals surface area contributed by atoms with Gasteiger partial charge in [-0.05, 0) is 33.1 Å². The maximum Gasteiger partial charge on any atom is 0.329 e. The second-order valence-electron chi connectivity index (χ2n) is 5.93. The van der Waals surface area contributed by atoms with E-state index in [0.717, 1.165) is 6.26 Å². The zero-order valence-electron chi connectivity index (χ0n) is 12.5. The van der Waals surface area contributed by atoms with Gasteiger partial charge in [0.2, 0.25) is 5.91 Å². The molecule has 0 saturated carbocycles. The van der Waals surface area contributed by atoms with Crippen LogP contribution in [0.4, 0.5) is 0 Å². The van der Waals surface area contributed by atoms with Gasteiger partial charge in [-0.1, -0.05) is 13.3 Å². The number of amides is 1. The molecule has 0 aromatic rings. The first kappa shape index (κ1) is 16.9. The van der Waals surface area contributed by atoms with Crippen LogP contribution in [0.2, 0.25) is 0 Å². The third-order valence-electron chi connectivity index (χ3n) is 4.24. The maximum atomic E-state index is 12.6. The molecule has 0 aromatic heterocycles. The highest BCUT2D eigenvalue weighted by molar-refractivity contribution is 7.92. The van der Waals surface area contributed by atoms with Gasteiger partial charge in [-0.3, -0.25) is 4.79 Å². The van der Waals surface area contributed by atoms with Gasteiger partial charge < -0.3 is 10.0 Å². The molecule has 1 N–H and O–H groups in total. The monoisotopic (exact) mass is 305 g/mol. The summed E-state index contributed by atoms with van der Waals surface area (Å²) in [6, 6.07) is 0. The first-order valence-electron chi connectivity index (χ1n) is 6.76. The number of aliphatic carboxylic acids is 1. The summed E-state index contributed by atoms with van der Waals surface area (Å²) in [4.78, 5) is 25.5. The largest absolute Gasteiger partial charge is 0.479 e. The Balaban J connectivity index is 3.24. The van der Waals surface area contributed by atoms with Crippen molar-refractivity contribution in [3.8, 4) is 0 Å². The number of carbonyl (C=O) groups excluding carboxylic acids is 1. The lowest BCUT2D eigenvalue weighted by molar-refractivity contribution is -0.157. The molecule has 1 rings (SSSR count). The van der Waals surface area contributed by atoms with E-state index in [2.05, 4.69) is 0 Å². The van der Waals surface area contributed by atoms with Crippen LogP contribution in [0.1, 0.15) is 46.5 Å². The Morgan fingerprint density at radius 2 is 1.90 bits per heavy atom. The van der Waals surface area contributed by atoms with Gasteiger partial charge >= 0.3 is 5.97 Å². The minimum absolute atomic E-state index is 0.296. The highest BCUT2D eigenvalue weighted by Gasteiger charge is 2.54. The number of hydrogen-bond acceptors (Lipinski definition) is 4. The molecule has 116 valence electrons. The standard InChI is InChI=1S/C13H23NO5S/c1-5-7-13(11(16)17)8-6-9-14(13)10(15)12(2,3)20(4,18)19/h5-9H2,1-4H3,(H,16,17). The zero-order chi connectivity index (χ0) is 15.8. The summed E-state index contributed by atoms with van der Waals surface area (Å²) in [5, 5.41) is 9.54. The molecule has 1 atom stereocenters. The maximum absolute atomic E-state index is 12.6. The first-order chi connectivity index (χ1) is 9.00. The fraction of sp³-hybridized carbons (Fsp3) is 0.846. The van der Waals surface area contributed by atoms with E-state index in [9.17, 15) is 23.1 Å². The number of rotatable bonds is 5. The van der Waals surface area contributed by atoms with Crippen LogP contribution in [0.3, 0.4) is 0 Å². The molecule has 1 aliphatic rings. The number of sulfone groups is 1. The van der Waals surface area contributed by atoms with Crippen LogP contribution < -0.4 is 0 Å². The number of nitrogens with zero attached hydrogens (tertiary/aromatic N) is 1. The quantitative estimate of drug-likeness (QED) is 0.820. The molecule has 1 saturated heterocycles.